The maximum Gasteiger partial charge on any atom is 0.164 e. The van der Waals surface area contributed by atoms with Crippen LogP contribution < -0.4 is 0 Å². The molecular weight excluding hydrogens is 723 g/mol. The maximum atomic E-state index is 12.2. The Morgan fingerprint density at radius 2 is 1.57 bits per heavy atom. The minimum absolute atomic E-state index is 0. The van der Waals surface area contributed by atoms with Gasteiger partial charge < -0.3 is 9.52 Å². The summed E-state index contributed by atoms with van der Waals surface area (Å²) in [5.41, 5.74) is 6.75. The zero-order valence-corrected chi connectivity index (χ0v) is 31.1. The Morgan fingerprint density at radius 1 is 0.977 bits per heavy atom. The van der Waals surface area contributed by atoms with Crippen molar-refractivity contribution in [3.63, 3.8) is 0 Å². The van der Waals surface area contributed by atoms with Crippen molar-refractivity contribution in [3.05, 3.63) is 76.8 Å². The summed E-state index contributed by atoms with van der Waals surface area (Å²) in [4.78, 5) is 17.1. The summed E-state index contributed by atoms with van der Waals surface area (Å²) in [7, 11) is 0. The van der Waals surface area contributed by atoms with Crippen molar-refractivity contribution < 1.29 is 34.4 Å². The molecule has 0 spiro atoms. The third-order valence-electron chi connectivity index (χ3n) is 9.47. The quantitative estimate of drug-likeness (QED) is 0.0990. The van der Waals surface area contributed by atoms with Crippen LogP contribution in [-0.4, -0.2) is 15.9 Å². The van der Waals surface area contributed by atoms with E-state index < -0.39 is 0 Å². The Kier molecular flexibility index (Phi) is 13.2. The number of aliphatic hydroxyl groups is 1. The smallest absolute Gasteiger partial charge is 0.164 e. The van der Waals surface area contributed by atoms with Gasteiger partial charge in [-0.25, -0.2) is 0 Å². The van der Waals surface area contributed by atoms with E-state index in [0.717, 1.165) is 71.2 Å². The molecule has 0 bridgehead atoms. The van der Waals surface area contributed by atoms with Gasteiger partial charge in [0.15, 0.2) is 5.78 Å². The van der Waals surface area contributed by atoms with E-state index in [4.69, 9.17) is 9.40 Å². The molecule has 5 heteroatoms. The van der Waals surface area contributed by atoms with Gasteiger partial charge in [-0.15, -0.1) is 34.9 Å². The Labute approximate surface area is 279 Å². The molecule has 44 heavy (non-hydrogen) atoms. The van der Waals surface area contributed by atoms with E-state index in [1.165, 1.54) is 22.6 Å². The van der Waals surface area contributed by atoms with Gasteiger partial charge in [0, 0.05) is 59.9 Å². The van der Waals surface area contributed by atoms with Crippen molar-refractivity contribution in [1.29, 1.82) is 0 Å². The fourth-order valence-electron chi connectivity index (χ4n) is 5.46. The van der Waals surface area contributed by atoms with Crippen LogP contribution in [0.3, 0.4) is 0 Å². The molecule has 4 rings (SSSR count). The number of aryl methyl sites for hydroxylation is 3. The number of ketones is 1. The monoisotopic (exact) mass is 775 g/mol. The van der Waals surface area contributed by atoms with Crippen LogP contribution in [0, 0.1) is 43.6 Å². The van der Waals surface area contributed by atoms with Crippen LogP contribution in [0.4, 0.5) is 0 Å². The van der Waals surface area contributed by atoms with Gasteiger partial charge in [0.1, 0.15) is 17.1 Å². The van der Waals surface area contributed by atoms with Crippen LogP contribution in [0.25, 0.3) is 33.1 Å². The van der Waals surface area contributed by atoms with E-state index in [1.54, 1.807) is 0 Å². The Bertz CT molecular complexity index is 1580. The summed E-state index contributed by atoms with van der Waals surface area (Å²) in [6, 6.07) is 16.1. The summed E-state index contributed by atoms with van der Waals surface area (Å²) < 4.78 is 6.40. The third-order valence-corrected chi connectivity index (χ3v) is 9.47. The molecule has 4 nitrogen and oxygen atoms in total. The van der Waals surface area contributed by atoms with Crippen LogP contribution >= 0.6 is 0 Å². The summed E-state index contributed by atoms with van der Waals surface area (Å²) in [6.45, 7) is 22.9. The second kappa shape index (κ2) is 15.5. The molecule has 2 aromatic carbocycles. The number of nitrogens with zero attached hydrogens (tertiary/aromatic N) is 1. The van der Waals surface area contributed by atoms with Gasteiger partial charge in [0.2, 0.25) is 0 Å². The van der Waals surface area contributed by atoms with Gasteiger partial charge in [0.25, 0.3) is 0 Å². The van der Waals surface area contributed by atoms with Crippen LogP contribution in [0.2, 0.25) is 0 Å². The molecule has 0 aliphatic heterocycles. The molecular formula is C39H52IrNO3-. The number of benzene rings is 2. The fraction of sp³-hybridized carbons (Fsp3) is 0.487. The number of carbonyl (C=O) groups is 1. The van der Waals surface area contributed by atoms with Crippen molar-refractivity contribution >= 4 is 27.7 Å². The Hall–Kier alpha value is -2.75. The largest absolute Gasteiger partial charge is 0.512 e. The molecule has 0 saturated carbocycles. The summed E-state index contributed by atoms with van der Waals surface area (Å²) in [5.74, 6) is 1.90. The van der Waals surface area contributed by atoms with Crippen molar-refractivity contribution in [2.75, 3.05) is 0 Å². The molecule has 4 aromatic rings. The number of aliphatic hydroxyl groups excluding tert-OH is 1. The number of carbonyl (C=O) groups excluding carboxylic acids is 1. The van der Waals surface area contributed by atoms with Gasteiger partial charge in [-0.2, -0.15) is 0 Å². The topological polar surface area (TPSA) is 63.3 Å². The number of allylic oxidation sites excluding steroid dienone is 2. The van der Waals surface area contributed by atoms with Crippen molar-refractivity contribution in [2.24, 2.45) is 16.7 Å². The number of hydrogen-bond donors (Lipinski definition) is 1. The first-order valence-corrected chi connectivity index (χ1v) is 16.0. The van der Waals surface area contributed by atoms with E-state index >= 15 is 0 Å². The first kappa shape index (κ1) is 37.4. The van der Waals surface area contributed by atoms with E-state index in [-0.39, 0.29) is 42.5 Å². The maximum absolute atomic E-state index is 12.2. The van der Waals surface area contributed by atoms with Gasteiger partial charge in [-0.1, -0.05) is 87.4 Å². The van der Waals surface area contributed by atoms with E-state index in [0.29, 0.717) is 5.92 Å². The molecule has 2 aromatic heterocycles. The molecule has 0 saturated heterocycles. The number of aromatic nitrogens is 1. The standard InChI is InChI=1S/C24H24NO.C15H28O2.Ir/c1-14(2)10-21-17(5)22-19-8-6-7-9-20(19)25-23(24(22)26-21)18-12-15(3)11-16(4)13-18;1-7-14(5,8-2)12(16)11-13(17)15(6,9-3)10-4;/h6-9,11-12,14H,10H2,1-5H3;11,16H,7-10H2,1-6H3;/q-1;;/b;12-11-;. The predicted molar refractivity (Wildman–Crippen MR) is 182 cm³/mol. The third kappa shape index (κ3) is 8.09. The molecule has 1 radical (unpaired) electrons. The minimum atomic E-state index is -0.337. The van der Waals surface area contributed by atoms with E-state index in [2.05, 4.69) is 71.0 Å². The number of rotatable bonds is 10. The van der Waals surface area contributed by atoms with Gasteiger partial charge in [-0.05, 0) is 50.2 Å². The second-order valence-electron chi connectivity index (χ2n) is 13.1. The molecule has 0 unspecified atom stereocenters. The number of para-hydroxylation sites is 1. The van der Waals surface area contributed by atoms with E-state index in [1.807, 2.05) is 47.6 Å². The van der Waals surface area contributed by atoms with Gasteiger partial charge in [-0.3, -0.25) is 9.78 Å². The molecule has 241 valence electrons. The molecule has 1 N–H and O–H groups in total. The minimum Gasteiger partial charge on any atom is -0.512 e. The molecule has 2 heterocycles. The van der Waals surface area contributed by atoms with Crippen molar-refractivity contribution in [2.45, 2.75) is 108 Å². The molecule has 0 aliphatic rings. The summed E-state index contributed by atoms with van der Waals surface area (Å²) >= 11 is 0. The van der Waals surface area contributed by atoms with Crippen molar-refractivity contribution in [1.82, 2.24) is 4.98 Å². The summed E-state index contributed by atoms with van der Waals surface area (Å²) in [5, 5.41) is 12.5. The van der Waals surface area contributed by atoms with Crippen molar-refractivity contribution in [3.8, 4) is 11.3 Å². The first-order valence-electron chi connectivity index (χ1n) is 16.0. The number of pyridine rings is 1. The summed E-state index contributed by atoms with van der Waals surface area (Å²) in [6.07, 6.45) is 5.69. The fourth-order valence-corrected chi connectivity index (χ4v) is 5.46. The van der Waals surface area contributed by atoms with E-state index in [9.17, 15) is 9.90 Å². The number of hydrogen-bond acceptors (Lipinski definition) is 4. The Balaban J connectivity index is 0.000000331. The average molecular weight is 775 g/mol. The van der Waals surface area contributed by atoms with Gasteiger partial charge in [0.05, 0.1) is 5.52 Å². The Morgan fingerprint density at radius 3 is 2.11 bits per heavy atom. The zero-order valence-electron chi connectivity index (χ0n) is 28.7. The normalized spacial score (nSPS) is 12.3. The SMILES string of the molecule is CCC(C)(CC)C(=O)/C=C(\O)C(C)(CC)CC.Cc1[c-]c(-c2nc3ccccc3c3c(C)c(CC(C)C)oc23)cc(C)c1.[Ir]. The number of fused-ring (bicyclic) bond motifs is 3. The van der Waals surface area contributed by atoms with Crippen LogP contribution in [0.1, 0.15) is 104 Å². The molecule has 0 aliphatic carbocycles. The molecule has 0 atom stereocenters. The predicted octanol–water partition coefficient (Wildman–Crippen LogP) is 11.2. The second-order valence-corrected chi connectivity index (χ2v) is 13.1. The molecule has 0 amide bonds. The number of furan rings is 1. The molecule has 0 fully saturated rings. The van der Waals surface area contributed by atoms with Crippen LogP contribution in [0.5, 0.6) is 0 Å². The van der Waals surface area contributed by atoms with Crippen LogP contribution in [-0.2, 0) is 31.3 Å². The van der Waals surface area contributed by atoms with Crippen LogP contribution in [0.15, 0.2) is 52.7 Å². The van der Waals surface area contributed by atoms with Gasteiger partial charge >= 0.3 is 0 Å². The zero-order chi connectivity index (χ0) is 32.1. The first-order chi connectivity index (χ1) is 20.2. The average Bonchev–Trinajstić information content (AvgIpc) is 3.30.